The molecule has 1 aromatic carbocycles. The zero-order chi connectivity index (χ0) is 17.8. The van der Waals surface area contributed by atoms with Gasteiger partial charge < -0.3 is 24.8 Å². The SMILES string of the molecule is COc1ccc(OC)c(CCCNC(=O)N2[C@H]3CC[C@H]2CC(O)C3)c1. The summed E-state index contributed by atoms with van der Waals surface area (Å²) >= 11 is 0. The lowest BCUT2D eigenvalue weighted by Crippen LogP contribution is -2.52. The van der Waals surface area contributed by atoms with Crippen LogP contribution in [0.5, 0.6) is 11.5 Å². The molecule has 2 heterocycles. The van der Waals surface area contributed by atoms with Gasteiger partial charge in [-0.15, -0.1) is 0 Å². The first-order valence-corrected chi connectivity index (χ1v) is 9.07. The average molecular weight is 348 g/mol. The second kappa shape index (κ2) is 7.95. The number of benzene rings is 1. The molecule has 2 bridgehead atoms. The Kier molecular flexibility index (Phi) is 5.68. The number of hydrogen-bond donors (Lipinski definition) is 2. The van der Waals surface area contributed by atoms with Gasteiger partial charge in [0.25, 0.3) is 0 Å². The third-order valence-corrected chi connectivity index (χ3v) is 5.33. The molecule has 2 aliphatic rings. The van der Waals surface area contributed by atoms with E-state index in [1.165, 1.54) is 0 Å². The molecule has 1 aromatic rings. The van der Waals surface area contributed by atoms with Gasteiger partial charge >= 0.3 is 6.03 Å². The van der Waals surface area contributed by atoms with Crippen molar-refractivity contribution in [2.75, 3.05) is 20.8 Å². The Morgan fingerprint density at radius 2 is 1.96 bits per heavy atom. The molecule has 25 heavy (non-hydrogen) atoms. The molecule has 0 spiro atoms. The number of fused-ring (bicyclic) bond motifs is 2. The van der Waals surface area contributed by atoms with E-state index in [0.29, 0.717) is 19.4 Å². The van der Waals surface area contributed by atoms with Gasteiger partial charge in [0.15, 0.2) is 0 Å². The van der Waals surface area contributed by atoms with E-state index >= 15 is 0 Å². The summed E-state index contributed by atoms with van der Waals surface area (Å²) in [5.74, 6) is 1.65. The fraction of sp³-hybridized carbons (Fsp3) is 0.632. The Hall–Kier alpha value is -1.95. The van der Waals surface area contributed by atoms with E-state index in [1.807, 2.05) is 23.1 Å². The molecule has 6 heteroatoms. The first-order valence-electron chi connectivity index (χ1n) is 9.07. The fourth-order valence-electron chi connectivity index (χ4n) is 4.12. The van der Waals surface area contributed by atoms with Gasteiger partial charge in [-0.05, 0) is 62.3 Å². The number of hydrogen-bond acceptors (Lipinski definition) is 4. The summed E-state index contributed by atoms with van der Waals surface area (Å²) in [5, 5.41) is 12.9. The maximum absolute atomic E-state index is 12.5. The van der Waals surface area contributed by atoms with Crippen molar-refractivity contribution in [2.24, 2.45) is 0 Å². The van der Waals surface area contributed by atoms with Crippen molar-refractivity contribution in [1.29, 1.82) is 0 Å². The lowest BCUT2D eigenvalue weighted by atomic mass is 10.0. The number of amides is 2. The van der Waals surface area contributed by atoms with Gasteiger partial charge in [0.1, 0.15) is 11.5 Å². The summed E-state index contributed by atoms with van der Waals surface area (Å²) in [5.41, 5.74) is 1.08. The number of aryl methyl sites for hydroxylation is 1. The number of piperidine rings is 1. The number of rotatable bonds is 6. The smallest absolute Gasteiger partial charge is 0.317 e. The van der Waals surface area contributed by atoms with E-state index < -0.39 is 0 Å². The molecule has 0 aliphatic carbocycles. The number of aliphatic hydroxyl groups excluding tert-OH is 1. The van der Waals surface area contributed by atoms with Crippen LogP contribution in [0.1, 0.15) is 37.7 Å². The van der Waals surface area contributed by atoms with Crippen molar-refractivity contribution in [3.63, 3.8) is 0 Å². The van der Waals surface area contributed by atoms with Gasteiger partial charge in [-0.3, -0.25) is 0 Å². The minimum Gasteiger partial charge on any atom is -0.497 e. The van der Waals surface area contributed by atoms with Crippen LogP contribution >= 0.6 is 0 Å². The van der Waals surface area contributed by atoms with Crippen LogP contribution in [0.3, 0.4) is 0 Å². The van der Waals surface area contributed by atoms with Crippen LogP contribution < -0.4 is 14.8 Å². The van der Waals surface area contributed by atoms with Gasteiger partial charge in [0.05, 0.1) is 20.3 Å². The van der Waals surface area contributed by atoms with E-state index in [9.17, 15) is 9.90 Å². The highest BCUT2D eigenvalue weighted by Gasteiger charge is 2.42. The number of nitrogens with one attached hydrogen (secondary N) is 1. The summed E-state index contributed by atoms with van der Waals surface area (Å²) in [7, 11) is 3.31. The Labute approximate surface area is 149 Å². The highest BCUT2D eigenvalue weighted by molar-refractivity contribution is 5.75. The van der Waals surface area contributed by atoms with E-state index in [-0.39, 0.29) is 24.2 Å². The summed E-state index contributed by atoms with van der Waals surface area (Å²) in [6.45, 7) is 0.623. The molecule has 2 amide bonds. The number of aliphatic hydroxyl groups is 1. The minimum absolute atomic E-state index is 0.0111. The van der Waals surface area contributed by atoms with Crippen LogP contribution in [0.15, 0.2) is 18.2 Å². The maximum Gasteiger partial charge on any atom is 0.317 e. The van der Waals surface area contributed by atoms with Gasteiger partial charge in [0.2, 0.25) is 0 Å². The number of carbonyl (C=O) groups excluding carboxylic acids is 1. The van der Waals surface area contributed by atoms with Crippen LogP contribution in [-0.2, 0) is 6.42 Å². The minimum atomic E-state index is -0.248. The molecule has 6 nitrogen and oxygen atoms in total. The van der Waals surface area contributed by atoms with E-state index in [4.69, 9.17) is 9.47 Å². The van der Waals surface area contributed by atoms with E-state index in [0.717, 1.165) is 42.7 Å². The standard InChI is InChI=1S/C19H28N2O4/c1-24-17-7-8-18(25-2)13(10-17)4-3-9-20-19(23)21-14-5-6-15(21)12-16(22)11-14/h7-8,10,14-16,22H,3-6,9,11-12H2,1-2H3,(H,20,23)/t14-,15-/m0/s1. The van der Waals surface area contributed by atoms with Gasteiger partial charge in [0, 0.05) is 18.6 Å². The second-order valence-corrected chi connectivity index (χ2v) is 6.93. The van der Waals surface area contributed by atoms with Gasteiger partial charge in [-0.25, -0.2) is 4.79 Å². The number of urea groups is 1. The Bertz CT molecular complexity index is 593. The van der Waals surface area contributed by atoms with Crippen LogP contribution in [0.25, 0.3) is 0 Å². The largest absolute Gasteiger partial charge is 0.497 e. The molecule has 138 valence electrons. The predicted molar refractivity (Wildman–Crippen MR) is 95.2 cm³/mol. The lowest BCUT2D eigenvalue weighted by molar-refractivity contribution is 0.0543. The normalized spacial score (nSPS) is 24.9. The lowest BCUT2D eigenvalue weighted by Gasteiger charge is -2.37. The molecule has 2 aliphatic heterocycles. The molecule has 2 saturated heterocycles. The maximum atomic E-state index is 12.5. The van der Waals surface area contributed by atoms with E-state index in [2.05, 4.69) is 5.32 Å². The van der Waals surface area contributed by atoms with Gasteiger partial charge in [-0.2, -0.15) is 0 Å². The van der Waals surface area contributed by atoms with Crippen LogP contribution in [0.2, 0.25) is 0 Å². The van der Waals surface area contributed by atoms with Crippen molar-refractivity contribution in [1.82, 2.24) is 10.2 Å². The number of methoxy groups -OCH3 is 2. The van der Waals surface area contributed by atoms with Crippen LogP contribution in [-0.4, -0.2) is 55.0 Å². The number of ether oxygens (including phenoxy) is 2. The summed E-state index contributed by atoms with van der Waals surface area (Å²) in [4.78, 5) is 14.4. The van der Waals surface area contributed by atoms with Crippen LogP contribution in [0, 0.1) is 0 Å². The highest BCUT2D eigenvalue weighted by Crippen LogP contribution is 2.35. The number of carbonyl (C=O) groups is 1. The molecule has 3 rings (SSSR count). The molecule has 0 aromatic heterocycles. The number of nitrogens with zero attached hydrogens (tertiary/aromatic N) is 1. The molecule has 0 unspecified atom stereocenters. The molecular weight excluding hydrogens is 320 g/mol. The fourth-order valence-corrected chi connectivity index (χ4v) is 4.12. The topological polar surface area (TPSA) is 71.0 Å². The summed E-state index contributed by atoms with van der Waals surface area (Å²) in [6.07, 6.45) is 4.84. The molecule has 2 atom stereocenters. The highest BCUT2D eigenvalue weighted by atomic mass is 16.5. The van der Waals surface area contributed by atoms with Crippen molar-refractivity contribution >= 4 is 6.03 Å². The molecule has 2 N–H and O–H groups in total. The van der Waals surface area contributed by atoms with Gasteiger partial charge in [-0.1, -0.05) is 0 Å². The zero-order valence-corrected chi connectivity index (χ0v) is 15.0. The van der Waals surface area contributed by atoms with Crippen LogP contribution in [0.4, 0.5) is 4.79 Å². The van der Waals surface area contributed by atoms with Crippen molar-refractivity contribution in [3.05, 3.63) is 23.8 Å². The Balaban J connectivity index is 1.48. The summed E-state index contributed by atoms with van der Waals surface area (Å²) in [6, 6.07) is 6.18. The molecular formula is C19H28N2O4. The first-order chi connectivity index (χ1) is 12.1. The zero-order valence-electron chi connectivity index (χ0n) is 15.0. The average Bonchev–Trinajstić information content (AvgIpc) is 2.90. The molecule has 0 radical (unpaired) electrons. The second-order valence-electron chi connectivity index (χ2n) is 6.93. The Morgan fingerprint density at radius 1 is 1.24 bits per heavy atom. The molecule has 0 saturated carbocycles. The Morgan fingerprint density at radius 3 is 2.60 bits per heavy atom. The quantitative estimate of drug-likeness (QED) is 0.774. The van der Waals surface area contributed by atoms with Crippen molar-refractivity contribution in [3.8, 4) is 11.5 Å². The van der Waals surface area contributed by atoms with Crippen molar-refractivity contribution < 1.29 is 19.4 Å². The molecule has 2 fully saturated rings. The monoisotopic (exact) mass is 348 g/mol. The third-order valence-electron chi connectivity index (χ3n) is 5.33. The predicted octanol–water partition coefficient (Wildman–Crippen LogP) is 2.33. The third kappa shape index (κ3) is 4.00. The van der Waals surface area contributed by atoms with Crippen molar-refractivity contribution in [2.45, 2.75) is 56.7 Å². The first kappa shape index (κ1) is 17.9. The van der Waals surface area contributed by atoms with E-state index in [1.54, 1.807) is 14.2 Å². The summed E-state index contributed by atoms with van der Waals surface area (Å²) < 4.78 is 10.7.